The number of hydrogen-bond acceptors (Lipinski definition) is 2. The minimum absolute atomic E-state index is 0.250. The summed E-state index contributed by atoms with van der Waals surface area (Å²) >= 11 is 11.9. The fourth-order valence-electron chi connectivity index (χ4n) is 2.97. The van der Waals surface area contributed by atoms with Gasteiger partial charge in [-0.15, -0.1) is 0 Å². The summed E-state index contributed by atoms with van der Waals surface area (Å²) in [5.41, 5.74) is 2.33. The number of nitrogens with zero attached hydrogens (tertiary/aromatic N) is 1. The van der Waals surface area contributed by atoms with E-state index >= 15 is 0 Å². The number of halogens is 2. The highest BCUT2D eigenvalue weighted by Crippen LogP contribution is 2.25. The fourth-order valence-corrected chi connectivity index (χ4v) is 3.49. The average Bonchev–Trinajstić information content (AvgIpc) is 3.06. The van der Waals surface area contributed by atoms with E-state index in [0.717, 1.165) is 12.0 Å². The molecular weight excluding hydrogens is 373 g/mol. The van der Waals surface area contributed by atoms with Gasteiger partial charge in [0.2, 0.25) is 5.91 Å². The molecule has 0 aromatic heterocycles. The summed E-state index contributed by atoms with van der Waals surface area (Å²) in [5.74, 6) is -0.250. The van der Waals surface area contributed by atoms with Gasteiger partial charge >= 0.3 is 6.03 Å². The van der Waals surface area contributed by atoms with Crippen molar-refractivity contribution in [2.24, 2.45) is 0 Å². The first kappa shape index (κ1) is 18.5. The number of carbonyl (C=O) groups is 2. The number of benzene rings is 2. The Morgan fingerprint density at radius 1 is 1.00 bits per heavy atom. The number of likely N-dealkylation sites (tertiary alicyclic amines) is 1. The molecule has 1 aliphatic heterocycles. The lowest BCUT2D eigenvalue weighted by molar-refractivity contribution is -0.119. The van der Waals surface area contributed by atoms with E-state index in [2.05, 4.69) is 10.6 Å². The van der Waals surface area contributed by atoms with Gasteiger partial charge in [0.05, 0.1) is 0 Å². The summed E-state index contributed by atoms with van der Waals surface area (Å²) < 4.78 is 0. The third-order valence-electron chi connectivity index (χ3n) is 4.25. The standard InChI is InChI=1S/C19H19Cl2N3O2/c1-12-4-6-15(7-5-12)23-19(26)24-8-2-3-17(24)18(25)22-16-10-13(20)9-14(21)11-16/h4-7,9-11,17H,2-3,8H2,1H3,(H,22,25)(H,23,26). The van der Waals surface area contributed by atoms with Crippen LogP contribution in [0.15, 0.2) is 42.5 Å². The van der Waals surface area contributed by atoms with E-state index in [9.17, 15) is 9.59 Å². The zero-order valence-corrected chi connectivity index (χ0v) is 15.8. The first-order valence-corrected chi connectivity index (χ1v) is 9.09. The maximum Gasteiger partial charge on any atom is 0.322 e. The maximum atomic E-state index is 12.6. The highest BCUT2D eigenvalue weighted by molar-refractivity contribution is 6.35. The van der Waals surface area contributed by atoms with Crippen LogP contribution in [0.3, 0.4) is 0 Å². The Morgan fingerprint density at radius 3 is 2.31 bits per heavy atom. The number of anilines is 2. The second kappa shape index (κ2) is 7.98. The highest BCUT2D eigenvalue weighted by Gasteiger charge is 2.34. The SMILES string of the molecule is Cc1ccc(NC(=O)N2CCCC2C(=O)Nc2cc(Cl)cc(Cl)c2)cc1. The summed E-state index contributed by atoms with van der Waals surface area (Å²) in [6.07, 6.45) is 1.39. The number of hydrogen-bond donors (Lipinski definition) is 2. The molecule has 2 N–H and O–H groups in total. The van der Waals surface area contributed by atoms with E-state index in [0.29, 0.717) is 34.4 Å². The van der Waals surface area contributed by atoms with Gasteiger partial charge in [-0.25, -0.2) is 4.79 Å². The zero-order valence-electron chi connectivity index (χ0n) is 14.3. The second-order valence-corrected chi connectivity index (χ2v) is 7.17. The summed E-state index contributed by atoms with van der Waals surface area (Å²) in [6, 6.07) is 11.6. The molecule has 5 nitrogen and oxygen atoms in total. The smallest absolute Gasteiger partial charge is 0.322 e. The lowest BCUT2D eigenvalue weighted by atomic mass is 10.2. The molecule has 2 aromatic rings. The summed E-state index contributed by atoms with van der Waals surface area (Å²) in [6.45, 7) is 2.51. The molecule has 136 valence electrons. The Morgan fingerprint density at radius 2 is 1.65 bits per heavy atom. The van der Waals surface area contributed by atoms with Gasteiger partial charge in [-0.2, -0.15) is 0 Å². The van der Waals surface area contributed by atoms with Crippen LogP contribution in [0.5, 0.6) is 0 Å². The lowest BCUT2D eigenvalue weighted by Crippen LogP contribution is -2.45. The van der Waals surface area contributed by atoms with Gasteiger partial charge in [0.1, 0.15) is 6.04 Å². The van der Waals surface area contributed by atoms with Crippen LogP contribution >= 0.6 is 23.2 Å². The third kappa shape index (κ3) is 4.48. The summed E-state index contributed by atoms with van der Waals surface area (Å²) in [5, 5.41) is 6.51. The van der Waals surface area contributed by atoms with Gasteiger partial charge in [-0.1, -0.05) is 40.9 Å². The minimum Gasteiger partial charge on any atom is -0.324 e. The molecule has 0 radical (unpaired) electrons. The monoisotopic (exact) mass is 391 g/mol. The van der Waals surface area contributed by atoms with Crippen molar-refractivity contribution in [3.8, 4) is 0 Å². The van der Waals surface area contributed by atoms with Crippen molar-refractivity contribution in [3.63, 3.8) is 0 Å². The molecule has 2 aromatic carbocycles. The van der Waals surface area contributed by atoms with E-state index in [4.69, 9.17) is 23.2 Å². The predicted octanol–water partition coefficient (Wildman–Crippen LogP) is 4.94. The molecule has 1 aliphatic rings. The molecule has 0 spiro atoms. The molecule has 1 heterocycles. The van der Waals surface area contributed by atoms with E-state index < -0.39 is 6.04 Å². The topological polar surface area (TPSA) is 61.4 Å². The molecule has 0 aliphatic carbocycles. The first-order valence-electron chi connectivity index (χ1n) is 8.33. The van der Waals surface area contributed by atoms with Crippen molar-refractivity contribution in [2.75, 3.05) is 17.2 Å². The van der Waals surface area contributed by atoms with Gasteiger partial charge in [0.25, 0.3) is 0 Å². The van der Waals surface area contributed by atoms with E-state index in [1.165, 1.54) is 0 Å². The Bertz CT molecular complexity index is 804. The number of rotatable bonds is 3. The van der Waals surface area contributed by atoms with E-state index in [1.54, 1.807) is 23.1 Å². The van der Waals surface area contributed by atoms with Crippen molar-refractivity contribution in [3.05, 3.63) is 58.1 Å². The highest BCUT2D eigenvalue weighted by atomic mass is 35.5. The number of amides is 3. The molecule has 1 unspecified atom stereocenters. The van der Waals surface area contributed by atoms with Crippen LogP contribution in [-0.2, 0) is 4.79 Å². The quantitative estimate of drug-likeness (QED) is 0.778. The first-order chi connectivity index (χ1) is 12.4. The number of carbonyl (C=O) groups excluding carboxylic acids is 2. The Labute approximate surface area is 162 Å². The van der Waals surface area contributed by atoms with E-state index in [-0.39, 0.29) is 11.9 Å². The molecule has 7 heteroatoms. The van der Waals surface area contributed by atoms with Crippen LogP contribution in [0.1, 0.15) is 18.4 Å². The maximum absolute atomic E-state index is 12.6. The minimum atomic E-state index is -0.529. The predicted molar refractivity (Wildman–Crippen MR) is 105 cm³/mol. The normalized spacial score (nSPS) is 16.4. The lowest BCUT2D eigenvalue weighted by Gasteiger charge is -2.24. The molecule has 3 amide bonds. The van der Waals surface area contributed by atoms with Crippen molar-refractivity contribution < 1.29 is 9.59 Å². The molecule has 0 saturated carbocycles. The zero-order chi connectivity index (χ0) is 18.7. The fraction of sp³-hybridized carbons (Fsp3) is 0.263. The molecule has 1 saturated heterocycles. The van der Waals surface area contributed by atoms with Crippen LogP contribution in [0.2, 0.25) is 10.0 Å². The van der Waals surface area contributed by atoms with Crippen molar-refractivity contribution in [1.82, 2.24) is 4.90 Å². The van der Waals surface area contributed by atoms with Gasteiger partial charge in [-0.05, 0) is 50.1 Å². The molecule has 3 rings (SSSR count). The third-order valence-corrected chi connectivity index (χ3v) is 4.69. The largest absolute Gasteiger partial charge is 0.324 e. The van der Waals surface area contributed by atoms with Crippen molar-refractivity contribution in [1.29, 1.82) is 0 Å². The molecule has 1 atom stereocenters. The van der Waals surface area contributed by atoms with Crippen molar-refractivity contribution in [2.45, 2.75) is 25.8 Å². The van der Waals surface area contributed by atoms with E-state index in [1.807, 2.05) is 31.2 Å². The van der Waals surface area contributed by atoms with Crippen LogP contribution in [0.25, 0.3) is 0 Å². The molecule has 0 bridgehead atoms. The second-order valence-electron chi connectivity index (χ2n) is 6.29. The van der Waals surface area contributed by atoms with Gasteiger partial charge < -0.3 is 15.5 Å². The Balaban J connectivity index is 1.67. The summed E-state index contributed by atoms with van der Waals surface area (Å²) in [7, 11) is 0. The number of urea groups is 1. The number of nitrogens with one attached hydrogen (secondary N) is 2. The molecule has 1 fully saturated rings. The summed E-state index contributed by atoms with van der Waals surface area (Å²) in [4.78, 5) is 26.8. The van der Waals surface area contributed by atoms with Crippen LogP contribution in [0.4, 0.5) is 16.2 Å². The molecule has 26 heavy (non-hydrogen) atoms. The van der Waals surface area contributed by atoms with Crippen LogP contribution in [-0.4, -0.2) is 29.4 Å². The van der Waals surface area contributed by atoms with Gasteiger partial charge in [0, 0.05) is 28.0 Å². The van der Waals surface area contributed by atoms with Crippen molar-refractivity contribution >= 4 is 46.5 Å². The average molecular weight is 392 g/mol. The molecular formula is C19H19Cl2N3O2. The van der Waals surface area contributed by atoms with Crippen LogP contribution < -0.4 is 10.6 Å². The van der Waals surface area contributed by atoms with Gasteiger partial charge in [0.15, 0.2) is 0 Å². The Hall–Kier alpha value is -2.24. The van der Waals surface area contributed by atoms with Gasteiger partial charge in [-0.3, -0.25) is 4.79 Å². The Kier molecular flexibility index (Phi) is 5.69. The van der Waals surface area contributed by atoms with Crippen LogP contribution in [0, 0.1) is 6.92 Å². The number of aryl methyl sites for hydroxylation is 1.